The number of rotatable bonds is 9. The van der Waals surface area contributed by atoms with E-state index in [0.29, 0.717) is 0 Å². The summed E-state index contributed by atoms with van der Waals surface area (Å²) in [7, 11) is 0. The van der Waals surface area contributed by atoms with E-state index in [1.165, 1.54) is 45.1 Å². The first-order valence-corrected chi connectivity index (χ1v) is 7.67. The van der Waals surface area contributed by atoms with Crippen molar-refractivity contribution in [2.45, 2.75) is 85.6 Å². The molecule has 1 nitrogen and oxygen atoms in total. The van der Waals surface area contributed by atoms with Crippen molar-refractivity contribution in [3.8, 4) is 0 Å². The van der Waals surface area contributed by atoms with Crippen LogP contribution in [0, 0.1) is 11.8 Å². The number of nitrogens with one attached hydrogen (secondary N) is 1. The van der Waals surface area contributed by atoms with Crippen LogP contribution in [0.4, 0.5) is 0 Å². The molecule has 1 heteroatoms. The monoisotopic (exact) mass is 241 g/mol. The fourth-order valence-corrected chi connectivity index (χ4v) is 2.30. The third-order valence-corrected chi connectivity index (χ3v) is 3.71. The van der Waals surface area contributed by atoms with Gasteiger partial charge in [-0.1, -0.05) is 52.9 Å². The fraction of sp³-hybridized carbons (Fsp3) is 1.00. The molecular formula is C16H35N. The molecule has 1 N–H and O–H groups in total. The highest BCUT2D eigenvalue weighted by Gasteiger charge is 2.16. The molecule has 0 aliphatic heterocycles. The summed E-state index contributed by atoms with van der Waals surface area (Å²) in [5.41, 5.74) is 0.262. The molecule has 0 aromatic carbocycles. The van der Waals surface area contributed by atoms with Gasteiger partial charge in [0.05, 0.1) is 0 Å². The number of unbranched alkanes of at least 4 members (excludes halogenated alkanes) is 1. The molecule has 0 spiro atoms. The Labute approximate surface area is 110 Å². The van der Waals surface area contributed by atoms with Gasteiger partial charge in [-0.25, -0.2) is 0 Å². The maximum atomic E-state index is 3.66. The Balaban J connectivity index is 3.99. The summed E-state index contributed by atoms with van der Waals surface area (Å²) in [4.78, 5) is 0. The Bertz CT molecular complexity index is 169. The Morgan fingerprint density at radius 3 is 1.94 bits per heavy atom. The van der Waals surface area contributed by atoms with Gasteiger partial charge >= 0.3 is 0 Å². The molecular weight excluding hydrogens is 206 g/mol. The molecule has 0 aromatic heterocycles. The van der Waals surface area contributed by atoms with E-state index < -0.39 is 0 Å². The average Bonchev–Trinajstić information content (AvgIpc) is 2.27. The fourth-order valence-electron chi connectivity index (χ4n) is 2.30. The van der Waals surface area contributed by atoms with E-state index in [1.807, 2.05) is 0 Å². The summed E-state index contributed by atoms with van der Waals surface area (Å²) in [5, 5.41) is 3.66. The zero-order valence-corrected chi connectivity index (χ0v) is 13.1. The second-order valence-corrected chi connectivity index (χ2v) is 6.56. The third-order valence-electron chi connectivity index (χ3n) is 3.71. The van der Waals surface area contributed by atoms with E-state index in [4.69, 9.17) is 0 Å². The van der Waals surface area contributed by atoms with Crippen molar-refractivity contribution in [2.24, 2.45) is 11.8 Å². The van der Waals surface area contributed by atoms with Gasteiger partial charge in [0, 0.05) is 5.54 Å². The van der Waals surface area contributed by atoms with Crippen LogP contribution < -0.4 is 5.32 Å². The van der Waals surface area contributed by atoms with Crippen molar-refractivity contribution in [3.63, 3.8) is 0 Å². The minimum absolute atomic E-state index is 0.262. The van der Waals surface area contributed by atoms with E-state index >= 15 is 0 Å². The van der Waals surface area contributed by atoms with Gasteiger partial charge in [0.25, 0.3) is 0 Å². The highest BCUT2D eigenvalue weighted by atomic mass is 14.9. The first-order chi connectivity index (χ1) is 7.92. The molecule has 0 saturated carbocycles. The van der Waals surface area contributed by atoms with Crippen LogP contribution in [-0.4, -0.2) is 12.1 Å². The lowest BCUT2D eigenvalue weighted by Crippen LogP contribution is -2.39. The standard InChI is InChI=1S/C16H35N/c1-7-10-11-14(8-2)12-15(9-3)13-17-16(4,5)6/h14-15,17H,7-13H2,1-6H3. The maximum absolute atomic E-state index is 3.66. The molecule has 2 atom stereocenters. The topological polar surface area (TPSA) is 12.0 Å². The molecule has 104 valence electrons. The van der Waals surface area contributed by atoms with Crippen molar-refractivity contribution in [2.75, 3.05) is 6.54 Å². The van der Waals surface area contributed by atoms with Crippen LogP contribution in [0.5, 0.6) is 0 Å². The molecule has 0 aromatic rings. The van der Waals surface area contributed by atoms with Crippen LogP contribution >= 0.6 is 0 Å². The predicted octanol–water partition coefficient (Wildman–Crippen LogP) is 5.01. The van der Waals surface area contributed by atoms with Crippen LogP contribution in [0.15, 0.2) is 0 Å². The highest BCUT2D eigenvalue weighted by molar-refractivity contribution is 4.74. The van der Waals surface area contributed by atoms with Gasteiger partial charge in [0.1, 0.15) is 0 Å². The van der Waals surface area contributed by atoms with Crippen molar-refractivity contribution < 1.29 is 0 Å². The first kappa shape index (κ1) is 17.0. The van der Waals surface area contributed by atoms with Crippen LogP contribution in [0.2, 0.25) is 0 Å². The first-order valence-electron chi connectivity index (χ1n) is 7.67. The third kappa shape index (κ3) is 9.64. The molecule has 0 saturated heterocycles. The predicted molar refractivity (Wildman–Crippen MR) is 79.5 cm³/mol. The smallest absolute Gasteiger partial charge is 0.00966 e. The van der Waals surface area contributed by atoms with Crippen LogP contribution in [0.3, 0.4) is 0 Å². The summed E-state index contributed by atoms with van der Waals surface area (Å²) in [6, 6.07) is 0. The summed E-state index contributed by atoms with van der Waals surface area (Å²) < 4.78 is 0. The second kappa shape index (κ2) is 8.97. The molecule has 0 aliphatic rings. The molecule has 0 radical (unpaired) electrons. The lowest BCUT2D eigenvalue weighted by molar-refractivity contribution is 0.293. The zero-order valence-electron chi connectivity index (χ0n) is 13.1. The number of hydrogen-bond acceptors (Lipinski definition) is 1. The van der Waals surface area contributed by atoms with Crippen molar-refractivity contribution in [1.82, 2.24) is 5.32 Å². The molecule has 2 unspecified atom stereocenters. The maximum Gasteiger partial charge on any atom is 0.00966 e. The van der Waals surface area contributed by atoms with E-state index in [1.54, 1.807) is 0 Å². The Kier molecular flexibility index (Phi) is 8.94. The van der Waals surface area contributed by atoms with Crippen LogP contribution in [0.25, 0.3) is 0 Å². The SMILES string of the molecule is CCCCC(CC)CC(CC)CNC(C)(C)C. The summed E-state index contributed by atoms with van der Waals surface area (Å²) in [5.74, 6) is 1.80. The van der Waals surface area contributed by atoms with Gasteiger partial charge in [0.2, 0.25) is 0 Å². The van der Waals surface area contributed by atoms with Crippen molar-refractivity contribution in [1.29, 1.82) is 0 Å². The average molecular weight is 241 g/mol. The molecule has 0 bridgehead atoms. The van der Waals surface area contributed by atoms with Gasteiger partial charge in [-0.3, -0.25) is 0 Å². The number of hydrogen-bond donors (Lipinski definition) is 1. The van der Waals surface area contributed by atoms with Gasteiger partial charge in [-0.05, 0) is 45.6 Å². The van der Waals surface area contributed by atoms with Gasteiger partial charge in [0.15, 0.2) is 0 Å². The van der Waals surface area contributed by atoms with E-state index in [0.717, 1.165) is 11.8 Å². The molecule has 0 amide bonds. The molecule has 0 heterocycles. The lowest BCUT2D eigenvalue weighted by atomic mass is 9.87. The van der Waals surface area contributed by atoms with Gasteiger partial charge < -0.3 is 5.32 Å². The van der Waals surface area contributed by atoms with Crippen LogP contribution in [-0.2, 0) is 0 Å². The van der Waals surface area contributed by atoms with E-state index in [2.05, 4.69) is 46.9 Å². The summed E-state index contributed by atoms with van der Waals surface area (Å²) in [6.07, 6.45) is 8.25. The Morgan fingerprint density at radius 2 is 1.53 bits per heavy atom. The molecule has 17 heavy (non-hydrogen) atoms. The molecule has 0 rings (SSSR count). The largest absolute Gasteiger partial charge is 0.312 e. The lowest BCUT2D eigenvalue weighted by Gasteiger charge is -2.27. The van der Waals surface area contributed by atoms with Crippen molar-refractivity contribution >= 4 is 0 Å². The minimum Gasteiger partial charge on any atom is -0.312 e. The molecule has 0 fully saturated rings. The Morgan fingerprint density at radius 1 is 0.941 bits per heavy atom. The molecule has 0 aliphatic carbocycles. The van der Waals surface area contributed by atoms with Crippen LogP contribution in [0.1, 0.15) is 80.1 Å². The zero-order chi connectivity index (χ0) is 13.3. The highest BCUT2D eigenvalue weighted by Crippen LogP contribution is 2.23. The second-order valence-electron chi connectivity index (χ2n) is 6.56. The van der Waals surface area contributed by atoms with Crippen molar-refractivity contribution in [3.05, 3.63) is 0 Å². The summed E-state index contributed by atoms with van der Waals surface area (Å²) in [6.45, 7) is 14.9. The van der Waals surface area contributed by atoms with E-state index in [9.17, 15) is 0 Å². The van der Waals surface area contributed by atoms with Gasteiger partial charge in [-0.15, -0.1) is 0 Å². The minimum atomic E-state index is 0.262. The van der Waals surface area contributed by atoms with E-state index in [-0.39, 0.29) is 5.54 Å². The van der Waals surface area contributed by atoms with Gasteiger partial charge in [-0.2, -0.15) is 0 Å². The normalized spacial score (nSPS) is 15.9. The Hall–Kier alpha value is -0.0400. The quantitative estimate of drug-likeness (QED) is 0.598. The summed E-state index contributed by atoms with van der Waals surface area (Å²) >= 11 is 0.